The Kier molecular flexibility index (Phi) is 7.92. The van der Waals surface area contributed by atoms with Crippen LogP contribution in [0.5, 0.6) is 5.75 Å². The Morgan fingerprint density at radius 2 is 1.75 bits per heavy atom. The molecule has 28 heavy (non-hydrogen) atoms. The Morgan fingerprint density at radius 3 is 2.36 bits per heavy atom. The van der Waals surface area contributed by atoms with Crippen molar-refractivity contribution >= 4 is 11.8 Å². The predicted molar refractivity (Wildman–Crippen MR) is 102 cm³/mol. The van der Waals surface area contributed by atoms with E-state index in [2.05, 4.69) is 17.6 Å². The van der Waals surface area contributed by atoms with Gasteiger partial charge in [-0.3, -0.25) is 9.59 Å². The number of ether oxygens (including phenoxy) is 1. The number of carbonyl (C=O) groups excluding carboxylic acids is 2. The van der Waals surface area contributed by atoms with Gasteiger partial charge in [0, 0.05) is 12.6 Å². The number of hydrogen-bond donors (Lipinski definition) is 2. The molecule has 0 aliphatic heterocycles. The molecule has 0 saturated carbocycles. The molecule has 2 N–H and O–H groups in total. The van der Waals surface area contributed by atoms with Gasteiger partial charge in [-0.25, -0.2) is 8.78 Å². The molecule has 2 rings (SSSR count). The molecular weight excluding hydrogens is 366 g/mol. The van der Waals surface area contributed by atoms with Gasteiger partial charge in [-0.05, 0) is 48.4 Å². The molecule has 0 aliphatic carbocycles. The highest BCUT2D eigenvalue weighted by atomic mass is 19.2. The van der Waals surface area contributed by atoms with Crippen molar-refractivity contribution in [3.63, 3.8) is 0 Å². The minimum absolute atomic E-state index is 0.141. The van der Waals surface area contributed by atoms with E-state index >= 15 is 0 Å². The number of likely N-dealkylation sites (N-methyl/N-ethyl adjacent to an activating group) is 1. The normalized spacial score (nSPS) is 11.6. The summed E-state index contributed by atoms with van der Waals surface area (Å²) in [6.45, 7) is 2.72. The van der Waals surface area contributed by atoms with Crippen LogP contribution in [0.3, 0.4) is 0 Å². The van der Waals surface area contributed by atoms with Gasteiger partial charge in [-0.1, -0.05) is 25.8 Å². The highest BCUT2D eigenvalue weighted by Crippen LogP contribution is 2.19. The first-order valence-electron chi connectivity index (χ1n) is 9.16. The first-order valence-corrected chi connectivity index (χ1v) is 9.16. The van der Waals surface area contributed by atoms with Crippen LogP contribution >= 0.6 is 0 Å². The van der Waals surface area contributed by atoms with Gasteiger partial charge in [-0.2, -0.15) is 0 Å². The second-order valence-corrected chi connectivity index (χ2v) is 6.27. The molecule has 2 aromatic carbocycles. The Balaban J connectivity index is 2.08. The van der Waals surface area contributed by atoms with Crippen LogP contribution in [-0.2, 0) is 4.79 Å². The van der Waals surface area contributed by atoms with Crippen LogP contribution in [0.2, 0.25) is 0 Å². The molecule has 5 nitrogen and oxygen atoms in total. The molecule has 1 atom stereocenters. The molecule has 2 aromatic rings. The number of unbranched alkanes of at least 4 members (excludes halogenated alkanes) is 2. The molecule has 1 unspecified atom stereocenters. The summed E-state index contributed by atoms with van der Waals surface area (Å²) in [4.78, 5) is 24.7. The van der Waals surface area contributed by atoms with E-state index in [1.54, 1.807) is 24.3 Å². The van der Waals surface area contributed by atoms with Gasteiger partial charge in [0.15, 0.2) is 11.6 Å². The lowest BCUT2D eigenvalue weighted by atomic mass is 10.0. The minimum Gasteiger partial charge on any atom is -0.494 e. The number of rotatable bonds is 9. The Morgan fingerprint density at radius 1 is 1.04 bits per heavy atom. The zero-order chi connectivity index (χ0) is 20.5. The summed E-state index contributed by atoms with van der Waals surface area (Å²) in [6.07, 6.45) is 3.15. The maximum Gasteiger partial charge on any atom is 0.252 e. The lowest BCUT2D eigenvalue weighted by Gasteiger charge is -2.18. The summed E-state index contributed by atoms with van der Waals surface area (Å²) in [5.41, 5.74) is 0.458. The van der Waals surface area contributed by atoms with Gasteiger partial charge in [0.1, 0.15) is 11.8 Å². The number of halogens is 2. The maximum absolute atomic E-state index is 13.5. The third-order valence-corrected chi connectivity index (χ3v) is 4.19. The van der Waals surface area contributed by atoms with Crippen LogP contribution in [0.1, 0.15) is 48.1 Å². The Labute approximate surface area is 163 Å². The van der Waals surface area contributed by atoms with Gasteiger partial charge in [-0.15, -0.1) is 0 Å². The topological polar surface area (TPSA) is 67.4 Å². The van der Waals surface area contributed by atoms with Crippen LogP contribution in [0.25, 0.3) is 0 Å². The van der Waals surface area contributed by atoms with Gasteiger partial charge in [0.2, 0.25) is 5.91 Å². The average Bonchev–Trinajstić information content (AvgIpc) is 2.71. The second kappa shape index (κ2) is 10.4. The zero-order valence-electron chi connectivity index (χ0n) is 15.9. The third-order valence-electron chi connectivity index (χ3n) is 4.19. The molecular formula is C21H24F2N2O3. The van der Waals surface area contributed by atoms with E-state index in [-0.39, 0.29) is 5.56 Å². The van der Waals surface area contributed by atoms with E-state index in [0.717, 1.165) is 31.4 Å². The molecule has 150 valence electrons. The van der Waals surface area contributed by atoms with E-state index in [4.69, 9.17) is 4.74 Å². The molecule has 0 aliphatic rings. The summed E-state index contributed by atoms with van der Waals surface area (Å²) < 4.78 is 32.3. The average molecular weight is 390 g/mol. The lowest BCUT2D eigenvalue weighted by Crippen LogP contribution is -2.39. The van der Waals surface area contributed by atoms with E-state index < -0.39 is 29.5 Å². The standard InChI is InChI=1S/C21H24F2N2O3/c1-3-4-5-12-28-16-9-6-14(7-10-16)20(26)25-19(21(27)24-2)15-8-11-17(22)18(23)13-15/h6-11,13,19H,3-5,12H2,1-2H3,(H,24,27)(H,25,26). The lowest BCUT2D eigenvalue weighted by molar-refractivity contribution is -0.122. The fraction of sp³-hybridized carbons (Fsp3) is 0.333. The van der Waals surface area contributed by atoms with Crippen LogP contribution in [0.4, 0.5) is 8.78 Å². The van der Waals surface area contributed by atoms with E-state index in [0.29, 0.717) is 17.9 Å². The number of amides is 2. The molecule has 0 bridgehead atoms. The van der Waals surface area contributed by atoms with Gasteiger partial charge >= 0.3 is 0 Å². The molecule has 0 spiro atoms. The zero-order valence-corrected chi connectivity index (χ0v) is 15.9. The fourth-order valence-electron chi connectivity index (χ4n) is 2.60. The number of benzene rings is 2. The number of hydrogen-bond acceptors (Lipinski definition) is 3. The quantitative estimate of drug-likeness (QED) is 0.641. The van der Waals surface area contributed by atoms with Crippen molar-refractivity contribution in [3.05, 3.63) is 65.2 Å². The molecule has 0 fully saturated rings. The predicted octanol–water partition coefficient (Wildman–Crippen LogP) is 3.75. The van der Waals surface area contributed by atoms with Gasteiger partial charge in [0.25, 0.3) is 5.91 Å². The Hall–Kier alpha value is -2.96. The summed E-state index contributed by atoms with van der Waals surface area (Å²) in [6, 6.07) is 8.41. The highest BCUT2D eigenvalue weighted by Gasteiger charge is 2.23. The van der Waals surface area contributed by atoms with Gasteiger partial charge in [0.05, 0.1) is 6.61 Å². The van der Waals surface area contributed by atoms with Crippen LogP contribution in [-0.4, -0.2) is 25.5 Å². The SMILES string of the molecule is CCCCCOc1ccc(C(=O)NC(C(=O)NC)c2ccc(F)c(F)c2)cc1. The second-order valence-electron chi connectivity index (χ2n) is 6.27. The van der Waals surface area contributed by atoms with Crippen molar-refractivity contribution in [2.45, 2.75) is 32.2 Å². The van der Waals surface area contributed by atoms with Crippen molar-refractivity contribution in [1.82, 2.24) is 10.6 Å². The first kappa shape index (κ1) is 21.3. The molecule has 0 heterocycles. The van der Waals surface area contributed by atoms with Crippen LogP contribution < -0.4 is 15.4 Å². The highest BCUT2D eigenvalue weighted by molar-refractivity contribution is 5.97. The fourth-order valence-corrected chi connectivity index (χ4v) is 2.60. The monoisotopic (exact) mass is 390 g/mol. The maximum atomic E-state index is 13.5. The molecule has 2 amide bonds. The van der Waals surface area contributed by atoms with Crippen molar-refractivity contribution in [3.8, 4) is 5.75 Å². The third kappa shape index (κ3) is 5.77. The smallest absolute Gasteiger partial charge is 0.252 e. The molecule has 0 radical (unpaired) electrons. The van der Waals surface area contributed by atoms with Crippen molar-refractivity contribution < 1.29 is 23.1 Å². The van der Waals surface area contributed by atoms with Crippen LogP contribution in [0.15, 0.2) is 42.5 Å². The molecule has 7 heteroatoms. The van der Waals surface area contributed by atoms with E-state index in [1.165, 1.54) is 13.1 Å². The first-order chi connectivity index (χ1) is 13.5. The van der Waals surface area contributed by atoms with Crippen molar-refractivity contribution in [2.75, 3.05) is 13.7 Å². The summed E-state index contributed by atoms with van der Waals surface area (Å²) >= 11 is 0. The number of carbonyl (C=O) groups is 2. The van der Waals surface area contributed by atoms with Crippen LogP contribution in [0, 0.1) is 11.6 Å². The van der Waals surface area contributed by atoms with E-state index in [9.17, 15) is 18.4 Å². The summed E-state index contributed by atoms with van der Waals surface area (Å²) in [5.74, 6) is -2.53. The van der Waals surface area contributed by atoms with E-state index in [1.807, 2.05) is 0 Å². The summed E-state index contributed by atoms with van der Waals surface area (Å²) in [5, 5.41) is 4.95. The van der Waals surface area contributed by atoms with Gasteiger partial charge < -0.3 is 15.4 Å². The molecule has 0 saturated heterocycles. The molecule has 0 aromatic heterocycles. The minimum atomic E-state index is -1.16. The van der Waals surface area contributed by atoms with Crippen molar-refractivity contribution in [1.29, 1.82) is 0 Å². The van der Waals surface area contributed by atoms with Crippen molar-refractivity contribution in [2.24, 2.45) is 0 Å². The number of nitrogens with one attached hydrogen (secondary N) is 2. The Bertz CT molecular complexity index is 810. The largest absolute Gasteiger partial charge is 0.494 e. The summed E-state index contributed by atoms with van der Waals surface area (Å²) in [7, 11) is 1.39.